The molecule has 0 unspecified atom stereocenters. The molecule has 2 aromatic rings. The van der Waals surface area contributed by atoms with Gasteiger partial charge < -0.3 is 9.47 Å². The van der Waals surface area contributed by atoms with Crippen molar-refractivity contribution in [1.29, 1.82) is 0 Å². The standard InChI is InChI=1S/C23H29ClN4O3S.ClH/c24-20-5-4-18-15-27(16-19(18)13-20)32(30,31)12-8-23(29)26-10-6-17(7-11-26)21-14-25-22-3-1-2-9-28(21)22;/h4-5,13-14,17H,1-3,6-12,15-16H2;1H. The molecule has 1 fully saturated rings. The van der Waals surface area contributed by atoms with Crippen LogP contribution in [0, 0.1) is 0 Å². The SMILES string of the molecule is Cl.O=C(CCS(=O)(=O)N1Cc2ccc(Cl)cc2C1)N1CCC(c2cnc3n2CCCC3)CC1. The highest BCUT2D eigenvalue weighted by atomic mass is 35.5. The number of benzene rings is 1. The van der Waals surface area contributed by atoms with E-state index in [9.17, 15) is 13.2 Å². The summed E-state index contributed by atoms with van der Waals surface area (Å²) in [7, 11) is -3.50. The minimum Gasteiger partial charge on any atom is -0.343 e. The van der Waals surface area contributed by atoms with Crippen LogP contribution in [0.1, 0.15) is 60.7 Å². The highest BCUT2D eigenvalue weighted by Crippen LogP contribution is 2.31. The Bertz CT molecular complexity index is 1130. The second-order valence-electron chi connectivity index (χ2n) is 9.11. The average Bonchev–Trinajstić information content (AvgIpc) is 3.42. The van der Waals surface area contributed by atoms with Crippen LogP contribution in [0.5, 0.6) is 0 Å². The molecule has 0 bridgehead atoms. The molecule has 0 saturated carbocycles. The smallest absolute Gasteiger partial charge is 0.223 e. The van der Waals surface area contributed by atoms with Crippen molar-refractivity contribution in [2.45, 2.75) is 64.1 Å². The lowest BCUT2D eigenvalue weighted by Gasteiger charge is -2.33. The number of fused-ring (bicyclic) bond motifs is 2. The van der Waals surface area contributed by atoms with Crippen LogP contribution in [0.3, 0.4) is 0 Å². The number of piperidine rings is 1. The van der Waals surface area contributed by atoms with E-state index in [2.05, 4.69) is 9.55 Å². The third-order valence-electron chi connectivity index (χ3n) is 7.10. The normalized spacial score (nSPS) is 19.1. The number of hydrogen-bond acceptors (Lipinski definition) is 4. The number of rotatable bonds is 5. The third kappa shape index (κ3) is 5.09. The molecule has 0 spiro atoms. The van der Waals surface area contributed by atoms with Gasteiger partial charge in [0.15, 0.2) is 0 Å². The fraction of sp³-hybridized carbons (Fsp3) is 0.565. The van der Waals surface area contributed by atoms with E-state index >= 15 is 0 Å². The topological polar surface area (TPSA) is 75.5 Å². The van der Waals surface area contributed by atoms with Gasteiger partial charge in [0.2, 0.25) is 15.9 Å². The molecule has 3 aliphatic heterocycles. The molecule has 5 rings (SSSR count). The van der Waals surface area contributed by atoms with Gasteiger partial charge in [-0.2, -0.15) is 4.31 Å². The van der Waals surface area contributed by atoms with Crippen molar-refractivity contribution in [2.75, 3.05) is 18.8 Å². The van der Waals surface area contributed by atoms with Gasteiger partial charge in [0.25, 0.3) is 0 Å². The summed E-state index contributed by atoms with van der Waals surface area (Å²) >= 11 is 6.03. The molecule has 1 amide bonds. The maximum absolute atomic E-state index is 12.8. The lowest BCUT2D eigenvalue weighted by molar-refractivity contribution is -0.131. The summed E-state index contributed by atoms with van der Waals surface area (Å²) in [4.78, 5) is 19.2. The van der Waals surface area contributed by atoms with Crippen molar-refractivity contribution in [3.8, 4) is 0 Å². The van der Waals surface area contributed by atoms with Crippen LogP contribution >= 0.6 is 24.0 Å². The molecule has 7 nitrogen and oxygen atoms in total. The fourth-order valence-corrected chi connectivity index (χ4v) is 6.78. The van der Waals surface area contributed by atoms with Crippen LogP contribution in [0.25, 0.3) is 0 Å². The zero-order chi connectivity index (χ0) is 22.3. The molecule has 0 radical (unpaired) electrons. The number of hydrogen-bond donors (Lipinski definition) is 0. The van der Waals surface area contributed by atoms with Gasteiger partial charge in [0.05, 0.1) is 5.75 Å². The van der Waals surface area contributed by atoms with Gasteiger partial charge in [-0.05, 0) is 48.9 Å². The van der Waals surface area contributed by atoms with E-state index in [4.69, 9.17) is 11.6 Å². The zero-order valence-electron chi connectivity index (χ0n) is 18.6. The minimum atomic E-state index is -3.50. The highest BCUT2D eigenvalue weighted by Gasteiger charge is 2.31. The van der Waals surface area contributed by atoms with Crippen LogP contribution in [0.4, 0.5) is 0 Å². The van der Waals surface area contributed by atoms with Gasteiger partial charge in [-0.1, -0.05) is 17.7 Å². The van der Waals surface area contributed by atoms with Crippen molar-refractivity contribution >= 4 is 39.9 Å². The lowest BCUT2D eigenvalue weighted by atomic mass is 9.93. The Hall–Kier alpha value is -1.61. The molecule has 0 N–H and O–H groups in total. The van der Waals surface area contributed by atoms with Crippen LogP contribution in [-0.2, 0) is 40.9 Å². The second kappa shape index (κ2) is 9.94. The number of aromatic nitrogens is 2. The van der Waals surface area contributed by atoms with Crippen molar-refractivity contribution in [3.05, 3.63) is 52.1 Å². The summed E-state index contributed by atoms with van der Waals surface area (Å²) in [5.41, 5.74) is 3.23. The van der Waals surface area contributed by atoms with Gasteiger partial charge in [-0.25, -0.2) is 13.4 Å². The molecular formula is C23H30Cl2N4O3S. The van der Waals surface area contributed by atoms with Crippen molar-refractivity contribution in [2.24, 2.45) is 0 Å². The Morgan fingerprint density at radius 2 is 1.85 bits per heavy atom. The molecule has 0 aliphatic carbocycles. The van der Waals surface area contributed by atoms with Crippen molar-refractivity contribution < 1.29 is 13.2 Å². The Balaban J connectivity index is 0.00000259. The number of amides is 1. The van der Waals surface area contributed by atoms with E-state index < -0.39 is 10.0 Å². The second-order valence-corrected chi connectivity index (χ2v) is 11.6. The van der Waals surface area contributed by atoms with Gasteiger partial charge in [0.1, 0.15) is 5.82 Å². The summed E-state index contributed by atoms with van der Waals surface area (Å²) in [6.07, 6.45) is 7.35. The summed E-state index contributed by atoms with van der Waals surface area (Å²) in [6.45, 7) is 3.08. The first-order valence-electron chi connectivity index (χ1n) is 11.5. The van der Waals surface area contributed by atoms with Crippen molar-refractivity contribution in [3.63, 3.8) is 0 Å². The van der Waals surface area contributed by atoms with Gasteiger partial charge in [-0.15, -0.1) is 12.4 Å². The number of sulfonamides is 1. The number of likely N-dealkylation sites (tertiary alicyclic amines) is 1. The van der Waals surface area contributed by atoms with Gasteiger partial charge >= 0.3 is 0 Å². The Morgan fingerprint density at radius 1 is 1.09 bits per heavy atom. The number of nitrogens with zero attached hydrogens (tertiary/aromatic N) is 4. The molecule has 0 atom stereocenters. The largest absolute Gasteiger partial charge is 0.343 e. The molecular weight excluding hydrogens is 483 g/mol. The number of carbonyl (C=O) groups excluding carboxylic acids is 1. The molecule has 3 aliphatic rings. The maximum Gasteiger partial charge on any atom is 0.223 e. The monoisotopic (exact) mass is 512 g/mol. The van der Waals surface area contributed by atoms with Crippen LogP contribution in [0.15, 0.2) is 24.4 Å². The zero-order valence-corrected chi connectivity index (χ0v) is 21.0. The van der Waals surface area contributed by atoms with Crippen LogP contribution in [-0.4, -0.2) is 51.9 Å². The van der Waals surface area contributed by atoms with E-state index in [1.165, 1.54) is 28.7 Å². The van der Waals surface area contributed by atoms with E-state index in [0.717, 1.165) is 36.9 Å². The van der Waals surface area contributed by atoms with E-state index in [1.54, 1.807) is 6.07 Å². The first-order chi connectivity index (χ1) is 15.4. The van der Waals surface area contributed by atoms with E-state index in [-0.39, 0.29) is 30.5 Å². The molecule has 4 heterocycles. The Morgan fingerprint density at radius 3 is 2.64 bits per heavy atom. The third-order valence-corrected chi connectivity index (χ3v) is 9.10. The van der Waals surface area contributed by atoms with Crippen molar-refractivity contribution in [1.82, 2.24) is 18.8 Å². The van der Waals surface area contributed by atoms with Crippen LogP contribution in [0.2, 0.25) is 5.02 Å². The summed E-state index contributed by atoms with van der Waals surface area (Å²) in [6, 6.07) is 5.48. The number of aryl methyl sites for hydroxylation is 1. The van der Waals surface area contributed by atoms with Gasteiger partial charge in [-0.3, -0.25) is 4.79 Å². The first-order valence-corrected chi connectivity index (χ1v) is 13.5. The number of carbonyl (C=O) groups is 1. The highest BCUT2D eigenvalue weighted by molar-refractivity contribution is 7.89. The molecule has 180 valence electrons. The molecule has 1 aromatic carbocycles. The maximum atomic E-state index is 12.8. The van der Waals surface area contributed by atoms with Crippen LogP contribution < -0.4 is 0 Å². The molecule has 33 heavy (non-hydrogen) atoms. The molecule has 10 heteroatoms. The lowest BCUT2D eigenvalue weighted by Crippen LogP contribution is -2.39. The summed E-state index contributed by atoms with van der Waals surface area (Å²) < 4.78 is 29.5. The van der Waals surface area contributed by atoms with E-state index in [0.29, 0.717) is 37.1 Å². The summed E-state index contributed by atoms with van der Waals surface area (Å²) in [5.74, 6) is 1.41. The fourth-order valence-electron chi connectivity index (χ4n) is 5.22. The minimum absolute atomic E-state index is 0. The quantitative estimate of drug-likeness (QED) is 0.611. The first kappa shape index (κ1) is 24.5. The van der Waals surface area contributed by atoms with E-state index in [1.807, 2.05) is 23.2 Å². The number of imidazole rings is 1. The Kier molecular flexibility index (Phi) is 7.38. The number of halogens is 2. The Labute approximate surface area is 206 Å². The van der Waals surface area contributed by atoms with Gasteiger partial charge in [0, 0.05) is 68.4 Å². The average molecular weight is 513 g/mol. The summed E-state index contributed by atoms with van der Waals surface area (Å²) in [5, 5.41) is 0.609. The molecule has 1 aromatic heterocycles. The predicted molar refractivity (Wildman–Crippen MR) is 130 cm³/mol. The predicted octanol–water partition coefficient (Wildman–Crippen LogP) is 3.74. The molecule has 1 saturated heterocycles.